The minimum absolute atomic E-state index is 0.140. The Kier molecular flexibility index (Phi) is 5.33. The second-order valence-corrected chi connectivity index (χ2v) is 7.58. The Bertz CT molecular complexity index is 620. The smallest absolute Gasteiger partial charge is 0.0552 e. The highest BCUT2D eigenvalue weighted by Gasteiger charge is 2.18. The van der Waals surface area contributed by atoms with Crippen LogP contribution in [0.5, 0.6) is 0 Å². The van der Waals surface area contributed by atoms with E-state index in [2.05, 4.69) is 67.6 Å². The molecular formula is C18H21ClIN. The first-order chi connectivity index (χ1) is 9.85. The summed E-state index contributed by atoms with van der Waals surface area (Å²) in [4.78, 5) is 0. The Morgan fingerprint density at radius 3 is 2.19 bits per heavy atom. The molecule has 2 rings (SSSR count). The van der Waals surface area contributed by atoms with E-state index in [1.54, 1.807) is 0 Å². The monoisotopic (exact) mass is 413 g/mol. The number of halogens is 2. The maximum Gasteiger partial charge on any atom is 0.0552 e. The molecule has 21 heavy (non-hydrogen) atoms. The van der Waals surface area contributed by atoms with Gasteiger partial charge in [-0.25, -0.2) is 0 Å². The fraction of sp³-hybridized carbons (Fsp3) is 0.333. The molecule has 2 aromatic rings. The van der Waals surface area contributed by atoms with Gasteiger partial charge < -0.3 is 5.73 Å². The van der Waals surface area contributed by atoms with Gasteiger partial charge in [0.25, 0.3) is 0 Å². The fourth-order valence-corrected chi connectivity index (χ4v) is 2.77. The topological polar surface area (TPSA) is 26.0 Å². The largest absolute Gasteiger partial charge is 0.320 e. The average molecular weight is 414 g/mol. The van der Waals surface area contributed by atoms with Crippen molar-refractivity contribution in [2.45, 2.75) is 38.6 Å². The molecule has 0 heterocycles. The summed E-state index contributed by atoms with van der Waals surface area (Å²) in [5.74, 6) is 0. The van der Waals surface area contributed by atoms with Gasteiger partial charge >= 0.3 is 0 Å². The Balaban J connectivity index is 2.27. The molecule has 2 aromatic carbocycles. The average Bonchev–Trinajstić information content (AvgIpc) is 2.49. The van der Waals surface area contributed by atoms with E-state index in [0.717, 1.165) is 26.1 Å². The Hall–Kier alpha value is -0.580. The van der Waals surface area contributed by atoms with Crippen molar-refractivity contribution in [3.8, 4) is 0 Å². The number of hydrogen-bond donors (Lipinski definition) is 1. The highest BCUT2D eigenvalue weighted by atomic mass is 127. The van der Waals surface area contributed by atoms with Gasteiger partial charge in [0.05, 0.1) is 11.1 Å². The molecule has 1 unspecified atom stereocenters. The third kappa shape index (κ3) is 3.79. The van der Waals surface area contributed by atoms with E-state index in [4.69, 9.17) is 17.3 Å². The summed E-state index contributed by atoms with van der Waals surface area (Å²) >= 11 is 8.41. The molecule has 0 radical (unpaired) electrons. The van der Waals surface area contributed by atoms with Crippen molar-refractivity contribution in [2.75, 3.05) is 0 Å². The summed E-state index contributed by atoms with van der Waals surface area (Å²) in [5, 5.41) is 0.757. The van der Waals surface area contributed by atoms with Crippen molar-refractivity contribution < 1.29 is 0 Å². The summed E-state index contributed by atoms with van der Waals surface area (Å²) < 4.78 is 1.05. The molecule has 0 aliphatic carbocycles. The minimum atomic E-state index is -0.140. The molecule has 1 nitrogen and oxygen atoms in total. The van der Waals surface area contributed by atoms with Crippen molar-refractivity contribution in [1.82, 2.24) is 0 Å². The van der Waals surface area contributed by atoms with Crippen LogP contribution in [0.1, 0.15) is 49.9 Å². The molecule has 0 saturated carbocycles. The fourth-order valence-electron chi connectivity index (χ4n) is 2.24. The van der Waals surface area contributed by atoms with Crippen LogP contribution in [0.3, 0.4) is 0 Å². The Labute approximate surface area is 146 Å². The zero-order chi connectivity index (χ0) is 15.6. The first-order valence-corrected chi connectivity index (χ1v) is 8.62. The molecule has 0 spiro atoms. The number of rotatable bonds is 4. The van der Waals surface area contributed by atoms with Gasteiger partial charge in [-0.1, -0.05) is 62.7 Å². The van der Waals surface area contributed by atoms with E-state index < -0.39 is 0 Å². The molecule has 112 valence electrons. The first-order valence-electron chi connectivity index (χ1n) is 7.16. The third-order valence-electron chi connectivity index (χ3n) is 4.24. The zero-order valence-electron chi connectivity index (χ0n) is 12.7. The van der Waals surface area contributed by atoms with Gasteiger partial charge in [-0.05, 0) is 63.2 Å². The van der Waals surface area contributed by atoms with Crippen LogP contribution >= 0.6 is 34.2 Å². The van der Waals surface area contributed by atoms with Crippen LogP contribution in [0.15, 0.2) is 42.5 Å². The Morgan fingerprint density at radius 1 is 1.10 bits per heavy atom. The van der Waals surface area contributed by atoms with Gasteiger partial charge in [-0.2, -0.15) is 0 Å². The minimum Gasteiger partial charge on any atom is -0.320 e. The van der Waals surface area contributed by atoms with Crippen LogP contribution in [0.2, 0.25) is 5.02 Å². The first kappa shape index (κ1) is 16.8. The highest BCUT2D eigenvalue weighted by Crippen LogP contribution is 2.29. The quantitative estimate of drug-likeness (QED) is 0.641. The summed E-state index contributed by atoms with van der Waals surface area (Å²) in [7, 11) is 0. The van der Waals surface area contributed by atoms with Crippen LogP contribution in [-0.4, -0.2) is 0 Å². The predicted molar refractivity (Wildman–Crippen MR) is 100.0 cm³/mol. The second kappa shape index (κ2) is 6.67. The maximum absolute atomic E-state index is 6.37. The highest BCUT2D eigenvalue weighted by molar-refractivity contribution is 14.1. The summed E-state index contributed by atoms with van der Waals surface area (Å²) in [5.41, 5.74) is 10.1. The molecule has 0 aliphatic rings. The van der Waals surface area contributed by atoms with E-state index in [0.29, 0.717) is 0 Å². The number of benzene rings is 2. The molecule has 0 aromatic heterocycles. The van der Waals surface area contributed by atoms with E-state index in [1.807, 2.05) is 18.2 Å². The molecule has 0 fully saturated rings. The van der Waals surface area contributed by atoms with E-state index in [9.17, 15) is 0 Å². The van der Waals surface area contributed by atoms with Gasteiger partial charge in [0, 0.05) is 3.57 Å². The molecule has 3 heteroatoms. The molecule has 0 amide bonds. The standard InChI is InChI=1S/C18H21ClIN/c1-4-18(2,3)14-8-5-12(6-9-14)17(21)13-7-10-16(20)15(19)11-13/h5-11,17H,4,21H2,1-3H3. The van der Waals surface area contributed by atoms with Crippen LogP contribution < -0.4 is 5.73 Å². The van der Waals surface area contributed by atoms with Gasteiger partial charge in [0.2, 0.25) is 0 Å². The lowest BCUT2D eigenvalue weighted by atomic mass is 9.81. The second-order valence-electron chi connectivity index (χ2n) is 6.01. The predicted octanol–water partition coefficient (Wildman–Crippen LogP) is 5.68. The zero-order valence-corrected chi connectivity index (χ0v) is 15.6. The van der Waals surface area contributed by atoms with Crippen LogP contribution in [-0.2, 0) is 5.41 Å². The summed E-state index contributed by atoms with van der Waals surface area (Å²) in [6.45, 7) is 6.74. The van der Waals surface area contributed by atoms with E-state index >= 15 is 0 Å². The van der Waals surface area contributed by atoms with Crippen LogP contribution in [0, 0.1) is 3.57 Å². The van der Waals surface area contributed by atoms with Crippen molar-refractivity contribution >= 4 is 34.2 Å². The molecular weight excluding hydrogens is 393 g/mol. The van der Waals surface area contributed by atoms with Crippen LogP contribution in [0.4, 0.5) is 0 Å². The van der Waals surface area contributed by atoms with Gasteiger partial charge in [0.1, 0.15) is 0 Å². The van der Waals surface area contributed by atoms with E-state index in [-0.39, 0.29) is 11.5 Å². The normalized spacial score (nSPS) is 13.2. The van der Waals surface area contributed by atoms with Crippen LogP contribution in [0.25, 0.3) is 0 Å². The van der Waals surface area contributed by atoms with Gasteiger partial charge in [0.15, 0.2) is 0 Å². The van der Waals surface area contributed by atoms with E-state index in [1.165, 1.54) is 5.56 Å². The summed E-state index contributed by atoms with van der Waals surface area (Å²) in [6, 6.07) is 14.5. The molecule has 0 bridgehead atoms. The lowest BCUT2D eigenvalue weighted by Gasteiger charge is -2.24. The third-order valence-corrected chi connectivity index (χ3v) is 5.81. The van der Waals surface area contributed by atoms with Crippen molar-refractivity contribution in [2.24, 2.45) is 5.73 Å². The Morgan fingerprint density at radius 2 is 1.67 bits per heavy atom. The lowest BCUT2D eigenvalue weighted by Crippen LogP contribution is -2.16. The van der Waals surface area contributed by atoms with Gasteiger partial charge in [-0.15, -0.1) is 0 Å². The van der Waals surface area contributed by atoms with Crippen molar-refractivity contribution in [1.29, 1.82) is 0 Å². The molecule has 1 atom stereocenters. The number of nitrogens with two attached hydrogens (primary N) is 1. The van der Waals surface area contributed by atoms with Gasteiger partial charge in [-0.3, -0.25) is 0 Å². The molecule has 0 aliphatic heterocycles. The van der Waals surface area contributed by atoms with Crippen molar-refractivity contribution in [3.63, 3.8) is 0 Å². The SMILES string of the molecule is CCC(C)(C)c1ccc(C(N)c2ccc(I)c(Cl)c2)cc1. The molecule has 2 N–H and O–H groups in total. The van der Waals surface area contributed by atoms with Crippen molar-refractivity contribution in [3.05, 3.63) is 67.7 Å². The molecule has 0 saturated heterocycles. The number of hydrogen-bond acceptors (Lipinski definition) is 1. The lowest BCUT2D eigenvalue weighted by molar-refractivity contribution is 0.506. The summed E-state index contributed by atoms with van der Waals surface area (Å²) in [6.07, 6.45) is 1.12. The maximum atomic E-state index is 6.37.